The number of hydrogen-bond donors (Lipinski definition) is 2. The zero-order valence-electron chi connectivity index (χ0n) is 9.69. The van der Waals surface area contributed by atoms with Crippen LogP contribution in [0, 0.1) is 5.82 Å². The Hall–Kier alpha value is -1.40. The Morgan fingerprint density at radius 3 is 2.79 bits per heavy atom. The number of nitrogens with two attached hydrogens (primary N) is 1. The van der Waals surface area contributed by atoms with Crippen LogP contribution in [0.3, 0.4) is 0 Å². The topological polar surface area (TPSA) is 51.2 Å². The summed E-state index contributed by atoms with van der Waals surface area (Å²) in [6.07, 6.45) is 0. The van der Waals surface area contributed by atoms with Gasteiger partial charge in [-0.05, 0) is 36.4 Å². The summed E-state index contributed by atoms with van der Waals surface area (Å²) < 4.78 is 19.5. The van der Waals surface area contributed by atoms with Crippen molar-refractivity contribution in [3.8, 4) is 0 Å². The summed E-state index contributed by atoms with van der Waals surface area (Å²) in [5.41, 5.74) is 3.31. The van der Waals surface area contributed by atoms with Gasteiger partial charge in [-0.15, -0.1) is 11.3 Å². The van der Waals surface area contributed by atoms with Crippen molar-refractivity contribution in [1.29, 1.82) is 0 Å². The Kier molecular flexibility index (Phi) is 3.28. The van der Waals surface area contributed by atoms with Crippen molar-refractivity contribution in [2.24, 2.45) is 5.84 Å². The van der Waals surface area contributed by atoms with Gasteiger partial charge in [-0.3, -0.25) is 5.84 Å². The van der Waals surface area contributed by atoms with Crippen LogP contribution in [0.15, 0.2) is 40.8 Å². The summed E-state index contributed by atoms with van der Waals surface area (Å²) in [6, 6.07) is 9.55. The maximum Gasteiger partial charge on any atom is 0.134 e. The van der Waals surface area contributed by atoms with E-state index in [-0.39, 0.29) is 11.9 Å². The zero-order valence-corrected chi connectivity index (χ0v) is 11.3. The van der Waals surface area contributed by atoms with Gasteiger partial charge in [-0.2, -0.15) is 0 Å². The summed E-state index contributed by atoms with van der Waals surface area (Å²) in [6.45, 7) is 0. The van der Waals surface area contributed by atoms with Crippen LogP contribution in [-0.2, 0) is 0 Å². The highest BCUT2D eigenvalue weighted by Gasteiger charge is 2.19. The van der Waals surface area contributed by atoms with E-state index in [2.05, 4.69) is 5.43 Å². The molecule has 3 N–H and O–H groups in total. The molecule has 0 saturated carbocycles. The maximum absolute atomic E-state index is 13.2. The van der Waals surface area contributed by atoms with Gasteiger partial charge in [0.1, 0.15) is 23.2 Å². The van der Waals surface area contributed by atoms with Crippen LogP contribution in [0.25, 0.3) is 11.0 Å². The molecule has 0 radical (unpaired) electrons. The molecule has 0 spiro atoms. The summed E-state index contributed by atoms with van der Waals surface area (Å²) in [5.74, 6) is 5.91. The van der Waals surface area contributed by atoms with Crippen LogP contribution in [0.1, 0.15) is 16.7 Å². The van der Waals surface area contributed by atoms with E-state index in [1.807, 2.05) is 6.07 Å². The fourth-order valence-corrected chi connectivity index (χ4v) is 3.09. The number of thiophene rings is 1. The third-order valence-corrected chi connectivity index (χ3v) is 4.12. The first-order chi connectivity index (χ1) is 9.17. The molecule has 3 rings (SSSR count). The minimum atomic E-state index is -0.298. The van der Waals surface area contributed by atoms with Crippen LogP contribution in [-0.4, -0.2) is 0 Å². The van der Waals surface area contributed by atoms with Crippen LogP contribution in [0.5, 0.6) is 0 Å². The SMILES string of the molecule is NNC(c1cc2cc(F)ccc2o1)c1ccc(Cl)s1. The molecule has 0 aliphatic carbocycles. The van der Waals surface area contributed by atoms with Gasteiger partial charge in [0.2, 0.25) is 0 Å². The second-order valence-electron chi connectivity index (χ2n) is 4.07. The summed E-state index contributed by atoms with van der Waals surface area (Å²) in [4.78, 5) is 0.937. The minimum Gasteiger partial charge on any atom is -0.459 e. The van der Waals surface area contributed by atoms with E-state index in [0.29, 0.717) is 21.1 Å². The molecule has 0 fully saturated rings. The maximum atomic E-state index is 13.2. The van der Waals surface area contributed by atoms with Gasteiger partial charge in [-0.1, -0.05) is 11.6 Å². The van der Waals surface area contributed by atoms with Crippen LogP contribution in [0.4, 0.5) is 4.39 Å². The number of benzene rings is 1. The lowest BCUT2D eigenvalue weighted by atomic mass is 10.2. The third-order valence-electron chi connectivity index (χ3n) is 2.83. The number of fused-ring (bicyclic) bond motifs is 1. The van der Waals surface area contributed by atoms with Gasteiger partial charge >= 0.3 is 0 Å². The van der Waals surface area contributed by atoms with Gasteiger partial charge in [0.25, 0.3) is 0 Å². The highest BCUT2D eigenvalue weighted by atomic mass is 35.5. The Morgan fingerprint density at radius 2 is 2.11 bits per heavy atom. The Balaban J connectivity index is 2.06. The molecule has 19 heavy (non-hydrogen) atoms. The normalized spacial score (nSPS) is 13.0. The molecule has 3 nitrogen and oxygen atoms in total. The van der Waals surface area contributed by atoms with E-state index in [9.17, 15) is 4.39 Å². The fourth-order valence-electron chi connectivity index (χ4n) is 1.96. The predicted molar refractivity (Wildman–Crippen MR) is 74.7 cm³/mol. The first kappa shape index (κ1) is 12.6. The molecule has 1 atom stereocenters. The Morgan fingerprint density at radius 1 is 1.26 bits per heavy atom. The molecule has 0 aliphatic rings. The average molecular weight is 297 g/mol. The van der Waals surface area contributed by atoms with Crippen LogP contribution in [0.2, 0.25) is 4.34 Å². The van der Waals surface area contributed by atoms with Crippen molar-refractivity contribution in [3.05, 3.63) is 57.2 Å². The standard InChI is InChI=1S/C13H10ClFN2OS/c14-12-4-3-11(19-12)13(17-16)10-6-7-5-8(15)1-2-9(7)18-10/h1-6,13,17H,16H2. The van der Waals surface area contributed by atoms with Crippen LogP contribution < -0.4 is 11.3 Å². The van der Waals surface area contributed by atoms with E-state index < -0.39 is 0 Å². The number of furan rings is 1. The first-order valence-corrected chi connectivity index (χ1v) is 6.77. The first-order valence-electron chi connectivity index (χ1n) is 5.58. The van der Waals surface area contributed by atoms with Crippen molar-refractivity contribution in [2.75, 3.05) is 0 Å². The third kappa shape index (κ3) is 2.37. The minimum absolute atomic E-state index is 0.295. The summed E-state index contributed by atoms with van der Waals surface area (Å²) >= 11 is 7.34. The van der Waals surface area contributed by atoms with Gasteiger partial charge in [-0.25, -0.2) is 9.82 Å². The van der Waals surface area contributed by atoms with Crippen LogP contribution >= 0.6 is 22.9 Å². The summed E-state index contributed by atoms with van der Waals surface area (Å²) in [5, 5.41) is 0.706. The molecule has 1 unspecified atom stereocenters. The fraction of sp³-hybridized carbons (Fsp3) is 0.0769. The van der Waals surface area contributed by atoms with Crippen molar-refractivity contribution in [1.82, 2.24) is 5.43 Å². The highest BCUT2D eigenvalue weighted by molar-refractivity contribution is 7.16. The van der Waals surface area contributed by atoms with E-state index >= 15 is 0 Å². The molecule has 1 aromatic carbocycles. The van der Waals surface area contributed by atoms with E-state index in [1.54, 1.807) is 18.2 Å². The Labute approximate surface area is 117 Å². The number of hydrazine groups is 1. The molecule has 0 saturated heterocycles. The number of halogens is 2. The van der Waals surface area contributed by atoms with Gasteiger partial charge < -0.3 is 4.42 Å². The molecular formula is C13H10ClFN2OS. The lowest BCUT2D eigenvalue weighted by Crippen LogP contribution is -2.27. The number of rotatable bonds is 3. The molecule has 0 bridgehead atoms. The smallest absolute Gasteiger partial charge is 0.134 e. The van der Waals surface area contributed by atoms with Crippen molar-refractivity contribution in [2.45, 2.75) is 6.04 Å². The molecule has 2 heterocycles. The summed E-state index contributed by atoms with van der Waals surface area (Å²) in [7, 11) is 0. The molecule has 6 heteroatoms. The number of nitrogens with one attached hydrogen (secondary N) is 1. The quantitative estimate of drug-likeness (QED) is 0.570. The van der Waals surface area contributed by atoms with E-state index in [1.165, 1.54) is 23.5 Å². The molecular weight excluding hydrogens is 287 g/mol. The Bertz CT molecular complexity index is 724. The molecule has 98 valence electrons. The van der Waals surface area contributed by atoms with E-state index in [0.717, 1.165) is 4.88 Å². The van der Waals surface area contributed by atoms with E-state index in [4.69, 9.17) is 21.9 Å². The van der Waals surface area contributed by atoms with Gasteiger partial charge in [0.05, 0.1) is 4.34 Å². The molecule has 0 amide bonds. The largest absolute Gasteiger partial charge is 0.459 e. The monoisotopic (exact) mass is 296 g/mol. The molecule has 2 aromatic heterocycles. The van der Waals surface area contributed by atoms with Crippen molar-refractivity contribution < 1.29 is 8.81 Å². The lowest BCUT2D eigenvalue weighted by Gasteiger charge is -2.10. The molecule has 3 aromatic rings. The predicted octanol–water partition coefficient (Wildman–Crippen LogP) is 3.84. The van der Waals surface area contributed by atoms with Gasteiger partial charge in [0, 0.05) is 10.3 Å². The van der Waals surface area contributed by atoms with Crippen molar-refractivity contribution in [3.63, 3.8) is 0 Å². The highest BCUT2D eigenvalue weighted by Crippen LogP contribution is 2.33. The molecule has 0 aliphatic heterocycles. The second-order valence-corrected chi connectivity index (χ2v) is 5.82. The number of hydrogen-bond acceptors (Lipinski definition) is 4. The van der Waals surface area contributed by atoms with Crippen molar-refractivity contribution >= 4 is 33.9 Å². The zero-order chi connectivity index (χ0) is 13.4. The second kappa shape index (κ2) is 4.94. The van der Waals surface area contributed by atoms with Gasteiger partial charge in [0.15, 0.2) is 0 Å². The average Bonchev–Trinajstić information content (AvgIpc) is 2.96. The lowest BCUT2D eigenvalue weighted by molar-refractivity contribution is 0.481.